The van der Waals surface area contributed by atoms with Gasteiger partial charge < -0.3 is 15.2 Å². The molecule has 5 nitrogen and oxygen atoms in total. The molecule has 2 unspecified atom stereocenters. The van der Waals surface area contributed by atoms with Crippen LogP contribution < -0.4 is 10.1 Å². The number of nitrogens with one attached hydrogen (secondary N) is 1. The van der Waals surface area contributed by atoms with Gasteiger partial charge in [0.1, 0.15) is 11.3 Å². The molecule has 1 saturated heterocycles. The van der Waals surface area contributed by atoms with Crippen LogP contribution in [0.4, 0.5) is 0 Å². The minimum absolute atomic E-state index is 0.0146. The molecular weight excluding hydrogens is 326 g/mol. The lowest BCUT2D eigenvalue weighted by Crippen LogP contribution is -2.57. The maximum Gasteiger partial charge on any atom is 0.330 e. The quantitative estimate of drug-likeness (QED) is 0.853. The van der Waals surface area contributed by atoms with Crippen molar-refractivity contribution in [1.29, 1.82) is 0 Å². The summed E-state index contributed by atoms with van der Waals surface area (Å²) in [6.07, 6.45) is -0.327. The van der Waals surface area contributed by atoms with Crippen LogP contribution in [0.3, 0.4) is 0 Å². The van der Waals surface area contributed by atoms with E-state index in [0.29, 0.717) is 17.9 Å². The fourth-order valence-electron chi connectivity index (χ4n) is 2.52. The fourth-order valence-corrected chi connectivity index (χ4v) is 3.84. The Morgan fingerprint density at radius 1 is 1.38 bits per heavy atom. The molecule has 1 aromatic rings. The maximum atomic E-state index is 12.4. The van der Waals surface area contributed by atoms with Gasteiger partial charge in [0, 0.05) is 5.75 Å². The van der Waals surface area contributed by atoms with E-state index in [0.717, 1.165) is 11.3 Å². The molecule has 0 aromatic heterocycles. The van der Waals surface area contributed by atoms with E-state index in [-0.39, 0.29) is 5.41 Å². The minimum atomic E-state index is -1.17. The first-order valence-electron chi connectivity index (χ1n) is 8.04. The van der Waals surface area contributed by atoms with Crippen LogP contribution in [0.25, 0.3) is 0 Å². The van der Waals surface area contributed by atoms with Gasteiger partial charge in [-0.3, -0.25) is 4.79 Å². The smallest absolute Gasteiger partial charge is 0.330 e. The number of hydrogen-bond donors (Lipinski definition) is 2. The molecule has 1 aromatic carbocycles. The van der Waals surface area contributed by atoms with Crippen LogP contribution in [0.1, 0.15) is 39.7 Å². The zero-order valence-electron chi connectivity index (χ0n) is 14.6. The van der Waals surface area contributed by atoms with Crippen LogP contribution in [0.2, 0.25) is 0 Å². The van der Waals surface area contributed by atoms with Gasteiger partial charge in [-0.15, -0.1) is 0 Å². The number of thioether (sulfide) groups is 1. The molecule has 2 N–H and O–H groups in total. The standard InChI is InChI=1S/C18H25NO4S/c1-12(15(20)19-18(16(21)22)8-9-24-11-18)23-14-7-5-6-13(10-14)17(2,3)4/h5-7,10,12H,8-9,11H2,1-4H3,(H,19,20)(H,21,22). The molecule has 24 heavy (non-hydrogen) atoms. The van der Waals surface area contributed by atoms with E-state index in [2.05, 4.69) is 26.1 Å². The number of carbonyl (C=O) groups excluding carboxylic acids is 1. The van der Waals surface area contributed by atoms with E-state index in [9.17, 15) is 14.7 Å². The Hall–Kier alpha value is -1.69. The van der Waals surface area contributed by atoms with Crippen molar-refractivity contribution >= 4 is 23.6 Å². The van der Waals surface area contributed by atoms with Crippen LogP contribution in [0.5, 0.6) is 5.75 Å². The van der Waals surface area contributed by atoms with Crippen LogP contribution in [-0.2, 0) is 15.0 Å². The lowest BCUT2D eigenvalue weighted by molar-refractivity contribution is -0.147. The molecule has 0 aliphatic carbocycles. The van der Waals surface area contributed by atoms with E-state index in [4.69, 9.17) is 4.74 Å². The largest absolute Gasteiger partial charge is 0.481 e. The lowest BCUT2D eigenvalue weighted by Gasteiger charge is -2.27. The second kappa shape index (κ2) is 7.05. The highest BCUT2D eigenvalue weighted by Crippen LogP contribution is 2.29. The molecule has 1 amide bonds. The van der Waals surface area contributed by atoms with Crippen molar-refractivity contribution in [2.45, 2.75) is 51.2 Å². The first-order chi connectivity index (χ1) is 11.1. The van der Waals surface area contributed by atoms with Crippen LogP contribution in [0.15, 0.2) is 24.3 Å². The molecule has 6 heteroatoms. The molecule has 0 bridgehead atoms. The summed E-state index contributed by atoms with van der Waals surface area (Å²) >= 11 is 1.54. The molecular formula is C18H25NO4S. The summed E-state index contributed by atoms with van der Waals surface area (Å²) < 4.78 is 5.74. The van der Waals surface area contributed by atoms with E-state index < -0.39 is 23.5 Å². The van der Waals surface area contributed by atoms with Gasteiger partial charge in [-0.25, -0.2) is 4.79 Å². The predicted molar refractivity (Wildman–Crippen MR) is 95.7 cm³/mol. The van der Waals surface area contributed by atoms with Gasteiger partial charge in [-0.05, 0) is 42.2 Å². The Labute approximate surface area is 147 Å². The van der Waals surface area contributed by atoms with Crippen molar-refractivity contribution < 1.29 is 19.4 Å². The molecule has 132 valence electrons. The van der Waals surface area contributed by atoms with Gasteiger partial charge in [0.2, 0.25) is 0 Å². The molecule has 1 aliphatic heterocycles. The number of carbonyl (C=O) groups is 2. The van der Waals surface area contributed by atoms with E-state index in [1.165, 1.54) is 11.8 Å². The van der Waals surface area contributed by atoms with Gasteiger partial charge in [0.15, 0.2) is 6.10 Å². The van der Waals surface area contributed by atoms with E-state index >= 15 is 0 Å². The molecule has 2 rings (SSSR count). The molecule has 0 saturated carbocycles. The molecule has 2 atom stereocenters. The van der Waals surface area contributed by atoms with Crippen molar-refractivity contribution in [2.24, 2.45) is 0 Å². The Morgan fingerprint density at radius 3 is 2.62 bits per heavy atom. The molecule has 0 spiro atoms. The van der Waals surface area contributed by atoms with Gasteiger partial charge in [-0.2, -0.15) is 11.8 Å². The number of benzene rings is 1. The first-order valence-corrected chi connectivity index (χ1v) is 9.20. The predicted octanol–water partition coefficient (Wildman–Crippen LogP) is 2.83. The number of amides is 1. The van der Waals surface area contributed by atoms with Crippen molar-refractivity contribution in [3.63, 3.8) is 0 Å². The van der Waals surface area contributed by atoms with Crippen molar-refractivity contribution in [2.75, 3.05) is 11.5 Å². The number of carboxylic acid groups (broad SMARTS) is 1. The molecule has 1 fully saturated rings. The van der Waals surface area contributed by atoms with Crippen molar-refractivity contribution in [3.8, 4) is 5.75 Å². The van der Waals surface area contributed by atoms with Gasteiger partial charge in [0.25, 0.3) is 5.91 Å². The van der Waals surface area contributed by atoms with E-state index in [1.807, 2.05) is 18.2 Å². The average Bonchev–Trinajstić information content (AvgIpc) is 2.96. The fraction of sp³-hybridized carbons (Fsp3) is 0.556. The summed E-state index contributed by atoms with van der Waals surface area (Å²) in [6, 6.07) is 7.64. The Balaban J connectivity index is 2.05. The zero-order valence-corrected chi connectivity index (χ0v) is 15.4. The van der Waals surface area contributed by atoms with Crippen molar-refractivity contribution in [1.82, 2.24) is 5.32 Å². The Morgan fingerprint density at radius 2 is 2.08 bits per heavy atom. The highest BCUT2D eigenvalue weighted by Gasteiger charge is 2.44. The summed E-state index contributed by atoms with van der Waals surface area (Å²) in [7, 11) is 0. The first kappa shape index (κ1) is 18.6. The van der Waals surface area contributed by atoms with Gasteiger partial charge in [0.05, 0.1) is 0 Å². The second-order valence-corrected chi connectivity index (χ2v) is 8.32. The topological polar surface area (TPSA) is 75.6 Å². The third-order valence-electron chi connectivity index (χ3n) is 4.18. The highest BCUT2D eigenvalue weighted by molar-refractivity contribution is 7.99. The third kappa shape index (κ3) is 4.23. The van der Waals surface area contributed by atoms with Gasteiger partial charge in [-0.1, -0.05) is 32.9 Å². The summed E-state index contributed by atoms with van der Waals surface area (Å²) in [6.45, 7) is 7.96. The molecule has 1 aliphatic rings. The number of rotatable bonds is 5. The number of carboxylic acids is 1. The van der Waals surface area contributed by atoms with Crippen molar-refractivity contribution in [3.05, 3.63) is 29.8 Å². The number of ether oxygens (including phenoxy) is 1. The average molecular weight is 351 g/mol. The maximum absolute atomic E-state index is 12.4. The molecule has 1 heterocycles. The van der Waals surface area contributed by atoms with Crippen LogP contribution in [-0.4, -0.2) is 40.1 Å². The molecule has 0 radical (unpaired) electrons. The highest BCUT2D eigenvalue weighted by atomic mass is 32.2. The zero-order chi connectivity index (χ0) is 18.0. The Bertz CT molecular complexity index is 618. The summed E-state index contributed by atoms with van der Waals surface area (Å²) in [5.41, 5.74) is -0.0758. The number of aliphatic carboxylic acids is 1. The summed E-state index contributed by atoms with van der Waals surface area (Å²) in [5.74, 6) is 0.342. The summed E-state index contributed by atoms with van der Waals surface area (Å²) in [5, 5.41) is 12.1. The summed E-state index contributed by atoms with van der Waals surface area (Å²) in [4.78, 5) is 23.9. The SMILES string of the molecule is CC(Oc1cccc(C(C)(C)C)c1)C(=O)NC1(C(=O)O)CCSC1. The van der Waals surface area contributed by atoms with Crippen LogP contribution in [0, 0.1) is 0 Å². The Kier molecular flexibility index (Phi) is 5.48. The monoisotopic (exact) mass is 351 g/mol. The van der Waals surface area contributed by atoms with E-state index in [1.54, 1.807) is 13.0 Å². The normalized spacial score (nSPS) is 22.0. The second-order valence-electron chi connectivity index (χ2n) is 7.22. The van der Waals surface area contributed by atoms with Crippen LogP contribution >= 0.6 is 11.8 Å². The number of hydrogen-bond acceptors (Lipinski definition) is 4. The minimum Gasteiger partial charge on any atom is -0.481 e. The third-order valence-corrected chi connectivity index (χ3v) is 5.37. The lowest BCUT2D eigenvalue weighted by atomic mass is 9.87. The van der Waals surface area contributed by atoms with Gasteiger partial charge >= 0.3 is 5.97 Å².